The maximum absolute atomic E-state index is 13.0. The zero-order chi connectivity index (χ0) is 19.6. The van der Waals surface area contributed by atoms with E-state index in [0.717, 1.165) is 6.42 Å². The van der Waals surface area contributed by atoms with Crippen LogP contribution in [0.1, 0.15) is 41.0 Å². The smallest absolute Gasteiger partial charge is 0.368 e. The Morgan fingerprint density at radius 1 is 1.20 bits per heavy atom. The lowest BCUT2D eigenvalue weighted by molar-refractivity contribution is -0.176. The Bertz CT molecular complexity index is 628. The molecule has 142 valence electrons. The van der Waals surface area contributed by atoms with Gasteiger partial charge in [-0.3, -0.25) is 14.4 Å². The number of rotatable bonds is 3. The molecule has 1 saturated heterocycles. The van der Waals surface area contributed by atoms with Crippen molar-refractivity contribution in [1.82, 2.24) is 10.2 Å². The van der Waals surface area contributed by atoms with E-state index in [1.54, 1.807) is 33.0 Å². The van der Waals surface area contributed by atoms with Gasteiger partial charge in [-0.15, -0.1) is 0 Å². The molecule has 9 heteroatoms. The summed E-state index contributed by atoms with van der Waals surface area (Å²) < 4.78 is 37.9. The van der Waals surface area contributed by atoms with Crippen molar-refractivity contribution in [3.05, 3.63) is 0 Å². The van der Waals surface area contributed by atoms with Crippen LogP contribution >= 0.6 is 0 Å². The van der Waals surface area contributed by atoms with Crippen molar-refractivity contribution < 1.29 is 27.6 Å². The lowest BCUT2D eigenvalue weighted by atomic mass is 9.80. The van der Waals surface area contributed by atoms with Crippen LogP contribution in [0.2, 0.25) is 0 Å². The van der Waals surface area contributed by atoms with Gasteiger partial charge in [0.25, 0.3) is 0 Å². The zero-order valence-corrected chi connectivity index (χ0v) is 15.0. The number of likely N-dealkylation sites (tertiary alicyclic amines) is 1. The van der Waals surface area contributed by atoms with E-state index in [0.29, 0.717) is 0 Å². The molecule has 0 bridgehead atoms. The first-order chi connectivity index (χ1) is 11.1. The van der Waals surface area contributed by atoms with E-state index < -0.39 is 46.3 Å². The van der Waals surface area contributed by atoms with Crippen molar-refractivity contribution in [2.75, 3.05) is 6.54 Å². The lowest BCUT2D eigenvalue weighted by Crippen LogP contribution is -2.65. The maximum atomic E-state index is 13.0. The Labute approximate surface area is 144 Å². The van der Waals surface area contributed by atoms with Crippen LogP contribution < -0.4 is 11.1 Å². The number of amides is 3. The van der Waals surface area contributed by atoms with Gasteiger partial charge in [0, 0.05) is 12.0 Å². The standard InChI is InChI=1S/C16H24F3N3O3/c1-13(2,3)9(21-12(25)16(17,18)19)10(23)22-7-8-6-14(8,4)15(22,5)11(20)24/h8-9H,6-7H2,1-5H3,(H2,20,24)(H,21,25)/t8?,9-,14?,15?/m1/s1. The summed E-state index contributed by atoms with van der Waals surface area (Å²) in [5.41, 5.74) is 2.79. The van der Waals surface area contributed by atoms with E-state index in [1.807, 2.05) is 6.92 Å². The summed E-state index contributed by atoms with van der Waals surface area (Å²) in [4.78, 5) is 37.7. The summed E-state index contributed by atoms with van der Waals surface area (Å²) in [5.74, 6) is -3.53. The number of fused-ring (bicyclic) bond motifs is 1. The molecule has 2 aliphatic rings. The van der Waals surface area contributed by atoms with Gasteiger partial charge < -0.3 is 16.0 Å². The molecule has 0 aromatic carbocycles. The summed E-state index contributed by atoms with van der Waals surface area (Å²) in [7, 11) is 0. The monoisotopic (exact) mass is 363 g/mol. The third kappa shape index (κ3) is 2.87. The Kier molecular flexibility index (Phi) is 4.18. The van der Waals surface area contributed by atoms with Crippen LogP contribution in [0.4, 0.5) is 13.2 Å². The number of alkyl halides is 3. The molecule has 6 nitrogen and oxygen atoms in total. The van der Waals surface area contributed by atoms with Crippen LogP contribution in [0.5, 0.6) is 0 Å². The molecule has 3 amide bonds. The van der Waals surface area contributed by atoms with Crippen molar-refractivity contribution in [3.63, 3.8) is 0 Å². The number of halogens is 3. The van der Waals surface area contributed by atoms with E-state index in [9.17, 15) is 27.6 Å². The van der Waals surface area contributed by atoms with Crippen molar-refractivity contribution in [3.8, 4) is 0 Å². The number of primary amides is 1. The second-order valence-corrected chi connectivity index (χ2v) is 8.47. The third-order valence-electron chi connectivity index (χ3n) is 5.86. The lowest BCUT2D eigenvalue weighted by Gasteiger charge is -2.42. The van der Waals surface area contributed by atoms with Crippen molar-refractivity contribution in [1.29, 1.82) is 0 Å². The number of hydrogen-bond donors (Lipinski definition) is 2. The average molecular weight is 363 g/mol. The van der Waals surface area contributed by atoms with Crippen LogP contribution in [0, 0.1) is 16.7 Å². The molecular weight excluding hydrogens is 339 g/mol. The highest BCUT2D eigenvalue weighted by molar-refractivity contribution is 5.96. The molecule has 25 heavy (non-hydrogen) atoms. The van der Waals surface area contributed by atoms with Gasteiger partial charge in [-0.25, -0.2) is 0 Å². The van der Waals surface area contributed by atoms with Crippen molar-refractivity contribution >= 4 is 17.7 Å². The molecular formula is C16H24F3N3O3. The van der Waals surface area contributed by atoms with Gasteiger partial charge in [-0.2, -0.15) is 13.2 Å². The van der Waals surface area contributed by atoms with Gasteiger partial charge in [0.1, 0.15) is 11.6 Å². The van der Waals surface area contributed by atoms with Crippen LogP contribution in [-0.4, -0.2) is 46.9 Å². The Balaban J connectivity index is 2.35. The van der Waals surface area contributed by atoms with E-state index in [1.165, 1.54) is 4.90 Å². The van der Waals surface area contributed by atoms with Crippen molar-refractivity contribution in [2.24, 2.45) is 22.5 Å². The Morgan fingerprint density at radius 3 is 2.12 bits per heavy atom. The van der Waals surface area contributed by atoms with Gasteiger partial charge in [-0.1, -0.05) is 27.7 Å². The zero-order valence-electron chi connectivity index (χ0n) is 15.0. The van der Waals surface area contributed by atoms with E-state index >= 15 is 0 Å². The van der Waals surface area contributed by atoms with Crippen LogP contribution in [-0.2, 0) is 14.4 Å². The highest BCUT2D eigenvalue weighted by atomic mass is 19.4. The summed E-state index contributed by atoms with van der Waals surface area (Å²) in [6.07, 6.45) is -4.37. The second-order valence-electron chi connectivity index (χ2n) is 8.47. The maximum Gasteiger partial charge on any atom is 0.471 e. The predicted molar refractivity (Wildman–Crippen MR) is 83.0 cm³/mol. The topological polar surface area (TPSA) is 92.5 Å². The number of nitrogens with one attached hydrogen (secondary N) is 1. The normalized spacial score (nSPS) is 32.8. The van der Waals surface area contributed by atoms with Crippen molar-refractivity contribution in [2.45, 2.75) is 58.8 Å². The van der Waals surface area contributed by atoms with Crippen LogP contribution in [0.25, 0.3) is 0 Å². The Hall–Kier alpha value is -1.80. The van der Waals surface area contributed by atoms with Gasteiger partial charge in [-0.05, 0) is 24.7 Å². The fourth-order valence-electron chi connectivity index (χ4n) is 3.77. The minimum atomic E-state index is -5.10. The number of hydrogen-bond acceptors (Lipinski definition) is 3. The quantitative estimate of drug-likeness (QED) is 0.789. The predicted octanol–water partition coefficient (Wildman–Crippen LogP) is 1.19. The number of carbonyl (C=O) groups is 3. The number of nitrogens with two attached hydrogens (primary N) is 1. The summed E-state index contributed by atoms with van der Waals surface area (Å²) >= 11 is 0. The fourth-order valence-corrected chi connectivity index (χ4v) is 3.77. The molecule has 0 radical (unpaired) electrons. The molecule has 1 aliphatic carbocycles. The van der Waals surface area contributed by atoms with Crippen LogP contribution in [0.3, 0.4) is 0 Å². The molecule has 2 fully saturated rings. The second kappa shape index (κ2) is 5.35. The van der Waals surface area contributed by atoms with Crippen LogP contribution in [0.15, 0.2) is 0 Å². The number of carbonyl (C=O) groups excluding carboxylic acids is 3. The first-order valence-electron chi connectivity index (χ1n) is 8.06. The highest BCUT2D eigenvalue weighted by Gasteiger charge is 2.73. The summed E-state index contributed by atoms with van der Waals surface area (Å²) in [5, 5.41) is 1.79. The molecule has 3 N–H and O–H groups in total. The molecule has 1 heterocycles. The fraction of sp³-hybridized carbons (Fsp3) is 0.812. The molecule has 3 unspecified atom stereocenters. The summed E-state index contributed by atoms with van der Waals surface area (Å²) in [6, 6.07) is -1.43. The molecule has 1 aliphatic heterocycles. The SMILES string of the molecule is CC(C)(C)[C@H](NC(=O)C(F)(F)F)C(=O)N1CC2CC2(C)C1(C)C(N)=O. The highest BCUT2D eigenvalue weighted by Crippen LogP contribution is 2.66. The minimum absolute atomic E-state index is 0.0767. The molecule has 0 aromatic rings. The number of piperidine rings is 1. The molecule has 4 atom stereocenters. The third-order valence-corrected chi connectivity index (χ3v) is 5.86. The first-order valence-corrected chi connectivity index (χ1v) is 8.06. The summed E-state index contributed by atoms with van der Waals surface area (Å²) in [6.45, 7) is 8.27. The number of nitrogens with zero attached hydrogens (tertiary/aromatic N) is 1. The van der Waals surface area contributed by atoms with Gasteiger partial charge >= 0.3 is 12.1 Å². The first kappa shape index (κ1) is 19.5. The Morgan fingerprint density at radius 2 is 1.72 bits per heavy atom. The molecule has 1 saturated carbocycles. The largest absolute Gasteiger partial charge is 0.471 e. The van der Waals surface area contributed by atoms with E-state index in [-0.39, 0.29) is 12.5 Å². The van der Waals surface area contributed by atoms with Gasteiger partial charge in [0.05, 0.1) is 0 Å². The molecule has 0 aromatic heterocycles. The average Bonchev–Trinajstić information content (AvgIpc) is 3.03. The van der Waals surface area contributed by atoms with E-state index in [4.69, 9.17) is 5.73 Å². The molecule has 0 spiro atoms. The van der Waals surface area contributed by atoms with E-state index in [2.05, 4.69) is 0 Å². The van der Waals surface area contributed by atoms with Gasteiger partial charge in [0.15, 0.2) is 0 Å². The molecule has 2 rings (SSSR count). The van der Waals surface area contributed by atoms with Gasteiger partial charge in [0.2, 0.25) is 11.8 Å². The minimum Gasteiger partial charge on any atom is -0.368 e.